The first kappa shape index (κ1) is 10.7. The molecule has 0 spiro atoms. The summed E-state index contributed by atoms with van der Waals surface area (Å²) in [5.41, 5.74) is 1.23. The van der Waals surface area contributed by atoms with Gasteiger partial charge in [-0.1, -0.05) is 44.0 Å². The first-order valence-corrected chi connectivity index (χ1v) is 5.92. The van der Waals surface area contributed by atoms with E-state index in [1.54, 1.807) is 0 Å². The zero-order chi connectivity index (χ0) is 10.7. The summed E-state index contributed by atoms with van der Waals surface area (Å²) in [6.07, 6.45) is 5.67. The molecule has 1 aromatic rings. The second kappa shape index (κ2) is 4.36. The maximum atomic E-state index is 10.4. The lowest BCUT2D eigenvalue weighted by molar-refractivity contribution is -0.0440. The zero-order valence-electron chi connectivity index (χ0n) is 9.37. The largest absolute Gasteiger partial charge is 0.388 e. The van der Waals surface area contributed by atoms with Gasteiger partial charge in [0.2, 0.25) is 0 Å². The first-order chi connectivity index (χ1) is 7.28. The molecule has 2 rings (SSSR count). The third-order valence-electron chi connectivity index (χ3n) is 3.74. The molecule has 0 amide bonds. The fraction of sp³-hybridized carbons (Fsp3) is 0.571. The molecule has 0 bridgehead atoms. The van der Waals surface area contributed by atoms with Gasteiger partial charge in [-0.15, -0.1) is 0 Å². The topological polar surface area (TPSA) is 20.2 Å². The molecular formula is C14H19O. The van der Waals surface area contributed by atoms with Crippen LogP contribution in [0.25, 0.3) is 0 Å². The Balaban J connectivity index is 2.15. The van der Waals surface area contributed by atoms with Gasteiger partial charge in [0.05, 0.1) is 6.10 Å². The number of rotatable bonds is 4. The van der Waals surface area contributed by atoms with Crippen molar-refractivity contribution < 1.29 is 5.11 Å². The molecule has 81 valence electrons. The van der Waals surface area contributed by atoms with Crippen LogP contribution in [0.1, 0.15) is 50.7 Å². The van der Waals surface area contributed by atoms with Gasteiger partial charge < -0.3 is 5.11 Å². The quantitative estimate of drug-likeness (QED) is 0.794. The lowest BCUT2D eigenvalue weighted by Crippen LogP contribution is -2.35. The molecule has 0 aromatic heterocycles. The summed E-state index contributed by atoms with van der Waals surface area (Å²) >= 11 is 0. The van der Waals surface area contributed by atoms with Gasteiger partial charge in [-0.2, -0.15) is 0 Å². The summed E-state index contributed by atoms with van der Waals surface area (Å²) in [6, 6.07) is 10.7. The van der Waals surface area contributed by atoms with Crippen LogP contribution in [-0.2, 0) is 0 Å². The number of benzene rings is 1. The molecule has 1 saturated carbocycles. The maximum Gasteiger partial charge on any atom is 0.0846 e. The van der Waals surface area contributed by atoms with E-state index in [1.165, 1.54) is 19.3 Å². The third kappa shape index (κ3) is 1.93. The van der Waals surface area contributed by atoms with Crippen molar-refractivity contribution in [2.75, 3.05) is 0 Å². The molecule has 1 N–H and O–H groups in total. The van der Waals surface area contributed by atoms with E-state index in [0.717, 1.165) is 18.4 Å². The number of aliphatic hydroxyl groups is 1. The van der Waals surface area contributed by atoms with Gasteiger partial charge in [0.25, 0.3) is 0 Å². The van der Waals surface area contributed by atoms with Crippen molar-refractivity contribution in [3.8, 4) is 0 Å². The molecule has 1 fully saturated rings. The molecule has 0 aliphatic heterocycles. The molecular weight excluding hydrogens is 184 g/mol. The molecule has 0 heterocycles. The molecule has 1 aliphatic carbocycles. The van der Waals surface area contributed by atoms with Crippen molar-refractivity contribution >= 4 is 0 Å². The fourth-order valence-corrected chi connectivity index (χ4v) is 2.72. The van der Waals surface area contributed by atoms with Gasteiger partial charge in [-0.05, 0) is 30.9 Å². The lowest BCUT2D eigenvalue weighted by atomic mass is 9.61. The normalized spacial score (nSPS) is 20.7. The van der Waals surface area contributed by atoms with Gasteiger partial charge in [-0.25, -0.2) is 0 Å². The highest BCUT2D eigenvalue weighted by Crippen LogP contribution is 2.53. The monoisotopic (exact) mass is 203 g/mol. The van der Waals surface area contributed by atoms with Gasteiger partial charge >= 0.3 is 0 Å². The van der Waals surface area contributed by atoms with Crippen LogP contribution in [0.4, 0.5) is 0 Å². The van der Waals surface area contributed by atoms with Crippen LogP contribution in [0.5, 0.6) is 0 Å². The first-order valence-electron chi connectivity index (χ1n) is 5.92. The molecule has 0 saturated heterocycles. The molecule has 1 nitrogen and oxygen atoms in total. The Bertz CT molecular complexity index is 300. The average molecular weight is 203 g/mol. The van der Waals surface area contributed by atoms with E-state index in [9.17, 15) is 5.11 Å². The van der Waals surface area contributed by atoms with Crippen molar-refractivity contribution in [1.82, 2.24) is 0 Å². The van der Waals surface area contributed by atoms with E-state index in [1.807, 2.05) is 24.3 Å². The summed E-state index contributed by atoms with van der Waals surface area (Å²) in [6.45, 7) is 2.20. The maximum absolute atomic E-state index is 10.4. The van der Waals surface area contributed by atoms with Crippen LogP contribution < -0.4 is 0 Å². The van der Waals surface area contributed by atoms with Gasteiger partial charge in [0.15, 0.2) is 0 Å². The van der Waals surface area contributed by atoms with E-state index in [-0.39, 0.29) is 11.5 Å². The van der Waals surface area contributed by atoms with E-state index < -0.39 is 0 Å². The van der Waals surface area contributed by atoms with Crippen molar-refractivity contribution in [3.63, 3.8) is 0 Å². The minimum absolute atomic E-state index is 0.177. The Morgan fingerprint density at radius 1 is 1.40 bits per heavy atom. The zero-order valence-corrected chi connectivity index (χ0v) is 9.37. The summed E-state index contributed by atoms with van der Waals surface area (Å²) in [5.74, 6) is 0. The molecule has 1 aromatic carbocycles. The van der Waals surface area contributed by atoms with Crippen molar-refractivity contribution in [2.24, 2.45) is 5.41 Å². The highest BCUT2D eigenvalue weighted by molar-refractivity contribution is 5.20. The Kier molecular flexibility index (Phi) is 3.11. The van der Waals surface area contributed by atoms with E-state index >= 15 is 0 Å². The predicted molar refractivity (Wildman–Crippen MR) is 61.4 cm³/mol. The van der Waals surface area contributed by atoms with Crippen LogP contribution in [-0.4, -0.2) is 5.11 Å². The summed E-state index contributed by atoms with van der Waals surface area (Å²) in [7, 11) is 0. The Morgan fingerprint density at radius 2 is 2.07 bits per heavy atom. The summed E-state index contributed by atoms with van der Waals surface area (Å²) in [4.78, 5) is 0. The van der Waals surface area contributed by atoms with Crippen LogP contribution in [0, 0.1) is 11.5 Å². The molecule has 1 heteroatoms. The standard InChI is InChI=1S/C14H19O/c1-2-9-14(10-6-11-14)13(15)12-7-4-3-5-8-12/h4-5,7-8,13,15H,2,6,9-11H2,1H3. The van der Waals surface area contributed by atoms with E-state index in [2.05, 4.69) is 13.0 Å². The molecule has 1 unspecified atom stereocenters. The van der Waals surface area contributed by atoms with Gasteiger partial charge in [0.1, 0.15) is 0 Å². The highest BCUT2D eigenvalue weighted by atomic mass is 16.3. The van der Waals surface area contributed by atoms with Gasteiger partial charge in [-0.3, -0.25) is 0 Å². The fourth-order valence-electron chi connectivity index (χ4n) is 2.72. The van der Waals surface area contributed by atoms with Crippen LogP contribution >= 0.6 is 0 Å². The van der Waals surface area contributed by atoms with Crippen LogP contribution in [0.2, 0.25) is 0 Å². The Hall–Kier alpha value is -0.820. The average Bonchev–Trinajstić information content (AvgIpc) is 2.24. The minimum atomic E-state index is -0.277. The molecule has 1 aliphatic rings. The summed E-state index contributed by atoms with van der Waals surface area (Å²) < 4.78 is 0. The van der Waals surface area contributed by atoms with Crippen LogP contribution in [0.15, 0.2) is 24.3 Å². The Labute approximate surface area is 92.1 Å². The molecule has 15 heavy (non-hydrogen) atoms. The number of hydrogen-bond acceptors (Lipinski definition) is 1. The van der Waals surface area contributed by atoms with Crippen molar-refractivity contribution in [3.05, 3.63) is 35.9 Å². The lowest BCUT2D eigenvalue weighted by Gasteiger charge is -2.46. The smallest absolute Gasteiger partial charge is 0.0846 e. The summed E-state index contributed by atoms with van der Waals surface area (Å²) in [5, 5.41) is 10.4. The minimum Gasteiger partial charge on any atom is -0.388 e. The second-order valence-electron chi connectivity index (χ2n) is 4.70. The molecule has 1 radical (unpaired) electrons. The number of hydrogen-bond donors (Lipinski definition) is 1. The second-order valence-corrected chi connectivity index (χ2v) is 4.70. The predicted octanol–water partition coefficient (Wildman–Crippen LogP) is 3.49. The third-order valence-corrected chi connectivity index (χ3v) is 3.74. The van der Waals surface area contributed by atoms with Crippen molar-refractivity contribution in [2.45, 2.75) is 45.1 Å². The Morgan fingerprint density at radius 3 is 2.53 bits per heavy atom. The van der Waals surface area contributed by atoms with E-state index in [4.69, 9.17) is 0 Å². The number of aliphatic hydroxyl groups excluding tert-OH is 1. The van der Waals surface area contributed by atoms with Crippen molar-refractivity contribution in [1.29, 1.82) is 0 Å². The highest BCUT2D eigenvalue weighted by Gasteiger charge is 2.42. The SMILES string of the molecule is CCCC1(C(O)c2cc[c]cc2)CCC1. The van der Waals surface area contributed by atoms with Crippen LogP contribution in [0.3, 0.4) is 0 Å². The van der Waals surface area contributed by atoms with E-state index in [0.29, 0.717) is 0 Å². The molecule has 1 atom stereocenters. The van der Waals surface area contributed by atoms with Gasteiger partial charge in [0, 0.05) is 5.41 Å².